The molecule has 0 unspecified atom stereocenters. The molecule has 21 heavy (non-hydrogen) atoms. The molecule has 0 heterocycles. The lowest BCUT2D eigenvalue weighted by atomic mass is 9.98. The normalized spacial score (nSPS) is 11.0. The van der Waals surface area contributed by atoms with Crippen molar-refractivity contribution in [2.75, 3.05) is 14.2 Å². The van der Waals surface area contributed by atoms with Crippen molar-refractivity contribution in [3.8, 4) is 0 Å². The number of hydrogen-bond donors (Lipinski definition) is 0. The fraction of sp³-hybridized carbons (Fsp3) is 0.167. The Hall–Kier alpha value is -2.39. The first kappa shape index (κ1) is 13.6. The Morgan fingerprint density at radius 1 is 0.905 bits per heavy atom. The molecule has 3 rings (SSSR count). The average Bonchev–Trinajstić information content (AvgIpc) is 2.53. The van der Waals surface area contributed by atoms with E-state index in [1.807, 2.05) is 12.1 Å². The molecule has 3 heteroatoms. The number of ether oxygens (including phenoxy) is 2. The van der Waals surface area contributed by atoms with Crippen LogP contribution >= 0.6 is 0 Å². The Balaban J connectivity index is 2.23. The van der Waals surface area contributed by atoms with Gasteiger partial charge in [-0.1, -0.05) is 30.3 Å². The van der Waals surface area contributed by atoms with Gasteiger partial charge in [-0.2, -0.15) is 0 Å². The summed E-state index contributed by atoms with van der Waals surface area (Å²) >= 11 is 0. The van der Waals surface area contributed by atoms with Crippen molar-refractivity contribution >= 4 is 27.5 Å². The zero-order valence-electron chi connectivity index (χ0n) is 12.1. The lowest BCUT2D eigenvalue weighted by Crippen LogP contribution is -2.00. The van der Waals surface area contributed by atoms with Gasteiger partial charge in [0.1, 0.15) is 0 Å². The van der Waals surface area contributed by atoms with Gasteiger partial charge in [-0.25, -0.2) is 4.79 Å². The molecule has 3 aromatic carbocycles. The van der Waals surface area contributed by atoms with Crippen LogP contribution in [0.4, 0.5) is 0 Å². The first-order valence-corrected chi connectivity index (χ1v) is 6.75. The van der Waals surface area contributed by atoms with Crippen LogP contribution in [0.2, 0.25) is 0 Å². The van der Waals surface area contributed by atoms with Crippen LogP contribution in [0, 0.1) is 0 Å². The minimum Gasteiger partial charge on any atom is -0.465 e. The molecule has 106 valence electrons. The van der Waals surface area contributed by atoms with Gasteiger partial charge < -0.3 is 9.47 Å². The standard InChI is InChI=1S/C18H16O3/c1-20-11-12-3-8-16-14(9-12)6-4-13-5-7-15(10-17(13)16)18(19)21-2/h3-10H,11H2,1-2H3. The maximum Gasteiger partial charge on any atom is 0.337 e. The summed E-state index contributed by atoms with van der Waals surface area (Å²) in [6, 6.07) is 16.0. The molecule has 0 atom stereocenters. The average molecular weight is 280 g/mol. The molecule has 0 radical (unpaired) electrons. The van der Waals surface area contributed by atoms with E-state index in [0.29, 0.717) is 12.2 Å². The number of rotatable bonds is 3. The molecule has 0 aliphatic heterocycles. The summed E-state index contributed by atoms with van der Waals surface area (Å²) in [6.07, 6.45) is 0. The lowest BCUT2D eigenvalue weighted by Gasteiger charge is -2.08. The molecule has 0 spiro atoms. The largest absolute Gasteiger partial charge is 0.465 e. The van der Waals surface area contributed by atoms with Gasteiger partial charge in [-0.15, -0.1) is 0 Å². The molecule has 0 aromatic heterocycles. The van der Waals surface area contributed by atoms with Gasteiger partial charge in [-0.3, -0.25) is 0 Å². The van der Waals surface area contributed by atoms with Crippen molar-refractivity contribution in [3.63, 3.8) is 0 Å². The van der Waals surface area contributed by atoms with Crippen LogP contribution in [0.15, 0.2) is 48.5 Å². The van der Waals surface area contributed by atoms with E-state index in [4.69, 9.17) is 9.47 Å². The first-order valence-electron chi connectivity index (χ1n) is 6.75. The Morgan fingerprint density at radius 2 is 1.67 bits per heavy atom. The number of benzene rings is 3. The summed E-state index contributed by atoms with van der Waals surface area (Å²) in [6.45, 7) is 0.593. The molecular formula is C18H16O3. The van der Waals surface area contributed by atoms with Crippen LogP contribution in [0.3, 0.4) is 0 Å². The Morgan fingerprint density at radius 3 is 2.43 bits per heavy atom. The Kier molecular flexibility index (Phi) is 3.59. The van der Waals surface area contributed by atoms with E-state index in [1.54, 1.807) is 13.2 Å². The SMILES string of the molecule is COCc1ccc2c(ccc3ccc(C(=O)OC)cc32)c1. The van der Waals surface area contributed by atoms with Gasteiger partial charge in [0.25, 0.3) is 0 Å². The topological polar surface area (TPSA) is 35.5 Å². The molecule has 3 nitrogen and oxygen atoms in total. The highest BCUT2D eigenvalue weighted by atomic mass is 16.5. The molecule has 0 fully saturated rings. The second-order valence-electron chi connectivity index (χ2n) is 4.98. The highest BCUT2D eigenvalue weighted by Crippen LogP contribution is 2.27. The zero-order chi connectivity index (χ0) is 14.8. The summed E-state index contributed by atoms with van der Waals surface area (Å²) in [5, 5.41) is 4.42. The summed E-state index contributed by atoms with van der Waals surface area (Å²) in [7, 11) is 3.08. The predicted molar refractivity (Wildman–Crippen MR) is 83.5 cm³/mol. The molecule has 0 saturated carbocycles. The summed E-state index contributed by atoms with van der Waals surface area (Å²) < 4.78 is 9.96. The molecular weight excluding hydrogens is 264 g/mol. The van der Waals surface area contributed by atoms with Crippen LogP contribution in [0.1, 0.15) is 15.9 Å². The smallest absolute Gasteiger partial charge is 0.337 e. The molecule has 0 aliphatic carbocycles. The number of carbonyl (C=O) groups excluding carboxylic acids is 1. The first-order chi connectivity index (χ1) is 10.2. The van der Waals surface area contributed by atoms with Crippen molar-refractivity contribution < 1.29 is 14.3 Å². The monoisotopic (exact) mass is 280 g/mol. The number of fused-ring (bicyclic) bond motifs is 3. The van der Waals surface area contributed by atoms with Gasteiger partial charge in [0, 0.05) is 7.11 Å². The van der Waals surface area contributed by atoms with Gasteiger partial charge in [0.2, 0.25) is 0 Å². The van der Waals surface area contributed by atoms with Crippen LogP contribution in [0.25, 0.3) is 21.5 Å². The van der Waals surface area contributed by atoms with E-state index in [0.717, 1.165) is 27.1 Å². The molecule has 0 aliphatic rings. The third-order valence-corrected chi connectivity index (χ3v) is 3.63. The molecule has 0 bridgehead atoms. The number of hydrogen-bond acceptors (Lipinski definition) is 3. The molecule has 0 saturated heterocycles. The summed E-state index contributed by atoms with van der Waals surface area (Å²) in [5.74, 6) is -0.315. The summed E-state index contributed by atoms with van der Waals surface area (Å²) in [5.41, 5.74) is 1.70. The van der Waals surface area contributed by atoms with Gasteiger partial charge >= 0.3 is 5.97 Å². The molecule has 0 amide bonds. The van der Waals surface area contributed by atoms with Gasteiger partial charge in [-0.05, 0) is 45.3 Å². The lowest BCUT2D eigenvalue weighted by molar-refractivity contribution is 0.0601. The fourth-order valence-corrected chi connectivity index (χ4v) is 2.61. The minimum absolute atomic E-state index is 0.315. The van der Waals surface area contributed by atoms with Gasteiger partial charge in [0.05, 0.1) is 19.3 Å². The minimum atomic E-state index is -0.315. The van der Waals surface area contributed by atoms with Crippen molar-refractivity contribution in [2.45, 2.75) is 6.61 Å². The number of esters is 1. The number of carbonyl (C=O) groups is 1. The fourth-order valence-electron chi connectivity index (χ4n) is 2.61. The van der Waals surface area contributed by atoms with E-state index in [1.165, 1.54) is 7.11 Å². The van der Waals surface area contributed by atoms with Crippen molar-refractivity contribution in [3.05, 3.63) is 59.7 Å². The predicted octanol–water partition coefficient (Wildman–Crippen LogP) is 3.93. The third kappa shape index (κ3) is 2.48. The number of methoxy groups -OCH3 is 2. The van der Waals surface area contributed by atoms with Crippen LogP contribution in [0.5, 0.6) is 0 Å². The van der Waals surface area contributed by atoms with Crippen LogP contribution in [-0.2, 0) is 16.1 Å². The van der Waals surface area contributed by atoms with Crippen LogP contribution < -0.4 is 0 Å². The van der Waals surface area contributed by atoms with Gasteiger partial charge in [0.15, 0.2) is 0 Å². The quantitative estimate of drug-likeness (QED) is 0.538. The third-order valence-electron chi connectivity index (χ3n) is 3.63. The van der Waals surface area contributed by atoms with E-state index < -0.39 is 0 Å². The molecule has 0 N–H and O–H groups in total. The van der Waals surface area contributed by atoms with Crippen molar-refractivity contribution in [2.24, 2.45) is 0 Å². The van der Waals surface area contributed by atoms with E-state index in [-0.39, 0.29) is 5.97 Å². The zero-order valence-corrected chi connectivity index (χ0v) is 12.1. The second kappa shape index (κ2) is 5.54. The Labute approximate surface area is 123 Å². The van der Waals surface area contributed by atoms with E-state index in [2.05, 4.69) is 30.3 Å². The van der Waals surface area contributed by atoms with E-state index in [9.17, 15) is 4.79 Å². The second-order valence-corrected chi connectivity index (χ2v) is 4.98. The van der Waals surface area contributed by atoms with Crippen molar-refractivity contribution in [1.82, 2.24) is 0 Å². The highest BCUT2D eigenvalue weighted by molar-refractivity contribution is 6.09. The van der Waals surface area contributed by atoms with Crippen molar-refractivity contribution in [1.29, 1.82) is 0 Å². The molecule has 3 aromatic rings. The van der Waals surface area contributed by atoms with E-state index >= 15 is 0 Å². The highest BCUT2D eigenvalue weighted by Gasteiger charge is 2.08. The maximum absolute atomic E-state index is 11.7. The summed E-state index contributed by atoms with van der Waals surface area (Å²) in [4.78, 5) is 11.7. The maximum atomic E-state index is 11.7. The van der Waals surface area contributed by atoms with Crippen LogP contribution in [-0.4, -0.2) is 20.2 Å². The Bertz CT molecular complexity index is 821.